The molecule has 0 saturated heterocycles. The Hall–Kier alpha value is 0.270. The standard InChI is InChI=1S/C9H10S3/c1-5-3-4-6(2)8-7(5)11-9(10)12-8/h3-4,9-10H,1-2H3. The molecule has 2 rings (SSSR count). The van der Waals surface area contributed by atoms with Crippen LogP contribution in [-0.2, 0) is 0 Å². The third-order valence-corrected chi connectivity index (χ3v) is 5.21. The molecule has 0 aliphatic carbocycles. The highest BCUT2D eigenvalue weighted by atomic mass is 32.3. The topological polar surface area (TPSA) is 0 Å². The summed E-state index contributed by atoms with van der Waals surface area (Å²) in [6.45, 7) is 4.33. The predicted molar refractivity (Wildman–Crippen MR) is 60.4 cm³/mol. The first-order chi connectivity index (χ1) is 5.68. The molecule has 64 valence electrons. The van der Waals surface area contributed by atoms with E-state index in [4.69, 9.17) is 0 Å². The van der Waals surface area contributed by atoms with Crippen LogP contribution in [0.25, 0.3) is 0 Å². The van der Waals surface area contributed by atoms with Crippen LogP contribution in [0, 0.1) is 13.8 Å². The molecule has 1 aliphatic rings. The monoisotopic (exact) mass is 214 g/mol. The van der Waals surface area contributed by atoms with Gasteiger partial charge in [0.1, 0.15) is 3.91 Å². The summed E-state index contributed by atoms with van der Waals surface area (Å²) >= 11 is 8.18. The lowest BCUT2D eigenvalue weighted by Crippen LogP contribution is -1.82. The average Bonchev–Trinajstić information content (AvgIpc) is 2.41. The fourth-order valence-electron chi connectivity index (χ4n) is 1.28. The van der Waals surface area contributed by atoms with Gasteiger partial charge in [-0.2, -0.15) is 12.6 Å². The molecule has 0 radical (unpaired) electrons. The normalized spacial score (nSPS) is 16.6. The zero-order valence-electron chi connectivity index (χ0n) is 7.00. The second-order valence-corrected chi connectivity index (χ2v) is 6.64. The molecule has 1 heterocycles. The van der Waals surface area contributed by atoms with E-state index < -0.39 is 0 Å². The Labute approximate surface area is 86.9 Å². The van der Waals surface area contributed by atoms with E-state index in [1.807, 2.05) is 23.5 Å². The van der Waals surface area contributed by atoms with Crippen molar-refractivity contribution in [3.05, 3.63) is 23.3 Å². The molecule has 12 heavy (non-hydrogen) atoms. The van der Waals surface area contributed by atoms with Crippen molar-refractivity contribution in [2.75, 3.05) is 0 Å². The fourth-order valence-corrected chi connectivity index (χ4v) is 4.42. The molecule has 0 amide bonds. The lowest BCUT2D eigenvalue weighted by Gasteiger charge is -2.03. The highest BCUT2D eigenvalue weighted by Gasteiger charge is 2.22. The van der Waals surface area contributed by atoms with Gasteiger partial charge >= 0.3 is 0 Å². The van der Waals surface area contributed by atoms with Crippen molar-refractivity contribution in [2.24, 2.45) is 0 Å². The van der Waals surface area contributed by atoms with Gasteiger partial charge in [-0.15, -0.1) is 0 Å². The number of fused-ring (bicyclic) bond motifs is 1. The lowest BCUT2D eigenvalue weighted by atomic mass is 10.2. The second kappa shape index (κ2) is 3.20. The van der Waals surface area contributed by atoms with Gasteiger partial charge in [0.2, 0.25) is 0 Å². The molecular formula is C9H10S3. The van der Waals surface area contributed by atoms with Crippen molar-refractivity contribution in [3.8, 4) is 0 Å². The second-order valence-electron chi connectivity index (χ2n) is 2.90. The van der Waals surface area contributed by atoms with Gasteiger partial charge in [0.25, 0.3) is 0 Å². The summed E-state index contributed by atoms with van der Waals surface area (Å²) in [7, 11) is 0. The molecule has 0 atom stereocenters. The molecule has 0 nitrogen and oxygen atoms in total. The van der Waals surface area contributed by atoms with E-state index in [0.717, 1.165) is 0 Å². The lowest BCUT2D eigenvalue weighted by molar-refractivity contribution is 1.13. The first-order valence-corrected chi connectivity index (χ1v) is 6.07. The average molecular weight is 214 g/mol. The molecule has 3 heteroatoms. The minimum absolute atomic E-state index is 0.389. The van der Waals surface area contributed by atoms with Crippen LogP contribution in [0.1, 0.15) is 11.1 Å². The third-order valence-electron chi connectivity index (χ3n) is 1.94. The van der Waals surface area contributed by atoms with E-state index in [-0.39, 0.29) is 0 Å². The number of thioether (sulfide) groups is 2. The molecule has 0 fully saturated rings. The van der Waals surface area contributed by atoms with Gasteiger partial charge in [0.05, 0.1) is 0 Å². The predicted octanol–water partition coefficient (Wildman–Crippen LogP) is 3.71. The maximum Gasteiger partial charge on any atom is 0.102 e. The summed E-state index contributed by atoms with van der Waals surface area (Å²) in [4.78, 5) is 2.86. The van der Waals surface area contributed by atoms with E-state index in [0.29, 0.717) is 3.91 Å². The van der Waals surface area contributed by atoms with Crippen LogP contribution in [0.4, 0.5) is 0 Å². The van der Waals surface area contributed by atoms with Crippen LogP contribution < -0.4 is 0 Å². The molecule has 0 unspecified atom stereocenters. The quantitative estimate of drug-likeness (QED) is 0.654. The summed E-state index contributed by atoms with van der Waals surface area (Å²) in [6.07, 6.45) is 0. The van der Waals surface area contributed by atoms with E-state index in [1.165, 1.54) is 20.9 Å². The molecule has 0 saturated carbocycles. The number of hydrogen-bond donors (Lipinski definition) is 1. The van der Waals surface area contributed by atoms with Crippen LogP contribution in [0.3, 0.4) is 0 Å². The third kappa shape index (κ3) is 1.38. The number of aryl methyl sites for hydroxylation is 2. The molecule has 0 spiro atoms. The van der Waals surface area contributed by atoms with Gasteiger partial charge in [0, 0.05) is 9.79 Å². The molecule has 1 aromatic rings. The highest BCUT2D eigenvalue weighted by Crippen LogP contribution is 2.51. The minimum atomic E-state index is 0.389. The molecule has 1 aromatic carbocycles. The van der Waals surface area contributed by atoms with Crippen molar-refractivity contribution < 1.29 is 0 Å². The van der Waals surface area contributed by atoms with Gasteiger partial charge < -0.3 is 0 Å². The SMILES string of the molecule is Cc1ccc(C)c2c1SC(S)S2. The molecule has 0 N–H and O–H groups in total. The Bertz CT molecular complexity index is 289. The summed E-state index contributed by atoms with van der Waals surface area (Å²) in [5.74, 6) is 0. The van der Waals surface area contributed by atoms with Crippen LogP contribution in [0.15, 0.2) is 21.9 Å². The Morgan fingerprint density at radius 3 is 1.92 bits per heavy atom. The maximum absolute atomic E-state index is 4.46. The van der Waals surface area contributed by atoms with E-state index in [1.54, 1.807) is 0 Å². The van der Waals surface area contributed by atoms with Crippen molar-refractivity contribution in [1.29, 1.82) is 0 Å². The molecule has 0 aromatic heterocycles. The summed E-state index contributed by atoms with van der Waals surface area (Å²) in [5.41, 5.74) is 2.76. The van der Waals surface area contributed by atoms with Gasteiger partial charge in [-0.3, -0.25) is 0 Å². The molecular weight excluding hydrogens is 204 g/mol. The van der Waals surface area contributed by atoms with Crippen molar-refractivity contribution in [3.63, 3.8) is 0 Å². The minimum Gasteiger partial charge on any atom is -0.153 e. The van der Waals surface area contributed by atoms with Gasteiger partial charge in [-0.05, 0) is 25.0 Å². The summed E-state index contributed by atoms with van der Waals surface area (Å²) < 4.78 is 0.389. The van der Waals surface area contributed by atoms with Crippen LogP contribution in [0.5, 0.6) is 0 Å². The Morgan fingerprint density at radius 1 is 1.08 bits per heavy atom. The smallest absolute Gasteiger partial charge is 0.102 e. The Balaban J connectivity index is 2.56. The maximum atomic E-state index is 4.46. The van der Waals surface area contributed by atoms with E-state index in [2.05, 4.69) is 38.6 Å². The molecule has 1 aliphatic heterocycles. The van der Waals surface area contributed by atoms with Crippen LogP contribution in [0.2, 0.25) is 0 Å². The zero-order valence-corrected chi connectivity index (χ0v) is 9.52. The van der Waals surface area contributed by atoms with Crippen molar-refractivity contribution in [1.82, 2.24) is 0 Å². The van der Waals surface area contributed by atoms with E-state index >= 15 is 0 Å². The molecule has 0 bridgehead atoms. The van der Waals surface area contributed by atoms with Gasteiger partial charge in [-0.25, -0.2) is 0 Å². The number of benzene rings is 1. The highest BCUT2D eigenvalue weighted by molar-refractivity contribution is 8.29. The van der Waals surface area contributed by atoms with Crippen LogP contribution >= 0.6 is 36.2 Å². The van der Waals surface area contributed by atoms with Crippen molar-refractivity contribution >= 4 is 36.2 Å². The number of thiol groups is 1. The van der Waals surface area contributed by atoms with Crippen molar-refractivity contribution in [2.45, 2.75) is 27.6 Å². The number of hydrogen-bond acceptors (Lipinski definition) is 3. The Morgan fingerprint density at radius 2 is 1.50 bits per heavy atom. The fraction of sp³-hybridized carbons (Fsp3) is 0.333. The summed E-state index contributed by atoms with van der Waals surface area (Å²) in [5, 5.41) is 0. The first-order valence-electron chi connectivity index (χ1n) is 3.80. The number of rotatable bonds is 0. The largest absolute Gasteiger partial charge is 0.153 e. The van der Waals surface area contributed by atoms with Gasteiger partial charge in [-0.1, -0.05) is 35.7 Å². The first kappa shape index (κ1) is 8.85. The van der Waals surface area contributed by atoms with Crippen LogP contribution in [-0.4, -0.2) is 3.91 Å². The zero-order chi connectivity index (χ0) is 8.72. The van der Waals surface area contributed by atoms with E-state index in [9.17, 15) is 0 Å². The summed E-state index contributed by atoms with van der Waals surface area (Å²) in [6, 6.07) is 4.38. The Kier molecular flexibility index (Phi) is 2.36. The van der Waals surface area contributed by atoms with Gasteiger partial charge in [0.15, 0.2) is 0 Å².